The number of ether oxygens (including phenoxy) is 1. The fourth-order valence-electron chi connectivity index (χ4n) is 0.476. The van der Waals surface area contributed by atoms with Crippen LogP contribution < -0.4 is 4.72 Å². The van der Waals surface area contributed by atoms with E-state index in [1.54, 1.807) is 4.72 Å². The minimum absolute atomic E-state index is 0.0809. The van der Waals surface area contributed by atoms with Crippen LogP contribution in [-0.4, -0.2) is 39.3 Å². The highest BCUT2D eigenvalue weighted by atomic mass is 79.9. The molecule has 0 aromatic rings. The van der Waals surface area contributed by atoms with Crippen molar-refractivity contribution >= 4 is 26.0 Å². The summed E-state index contributed by atoms with van der Waals surface area (Å²) in [5.41, 5.74) is 0. The van der Waals surface area contributed by atoms with Gasteiger partial charge >= 0.3 is 5.76 Å². The molecular formula is C5H10BrF2NO3S. The van der Waals surface area contributed by atoms with Crippen LogP contribution >= 0.6 is 15.9 Å². The maximum atomic E-state index is 11.7. The van der Waals surface area contributed by atoms with Crippen LogP contribution in [0.4, 0.5) is 8.78 Å². The third-order valence-electron chi connectivity index (χ3n) is 1.01. The minimum atomic E-state index is -4.46. The lowest BCUT2D eigenvalue weighted by atomic mass is 10.7. The van der Waals surface area contributed by atoms with Gasteiger partial charge in [0.15, 0.2) is 0 Å². The smallest absolute Gasteiger partial charge is 0.350 e. The second-order valence-corrected chi connectivity index (χ2v) is 4.53. The number of halogens is 3. The fourth-order valence-corrected chi connectivity index (χ4v) is 1.20. The highest BCUT2D eigenvalue weighted by Crippen LogP contribution is 2.00. The Labute approximate surface area is 83.8 Å². The van der Waals surface area contributed by atoms with E-state index in [0.29, 0.717) is 11.9 Å². The van der Waals surface area contributed by atoms with Crippen molar-refractivity contribution in [3.05, 3.63) is 0 Å². The van der Waals surface area contributed by atoms with Crippen molar-refractivity contribution in [1.29, 1.82) is 0 Å². The van der Waals surface area contributed by atoms with E-state index >= 15 is 0 Å². The molecular weight excluding hydrogens is 272 g/mol. The summed E-state index contributed by atoms with van der Waals surface area (Å²) in [5, 5.41) is 0.620. The first-order valence-corrected chi connectivity index (χ1v) is 6.08. The van der Waals surface area contributed by atoms with Crippen molar-refractivity contribution in [2.45, 2.75) is 5.76 Å². The van der Waals surface area contributed by atoms with Crippen molar-refractivity contribution in [1.82, 2.24) is 4.72 Å². The Morgan fingerprint density at radius 2 is 2.00 bits per heavy atom. The van der Waals surface area contributed by atoms with Crippen molar-refractivity contribution < 1.29 is 21.9 Å². The molecule has 0 aromatic carbocycles. The molecule has 0 amide bonds. The summed E-state index contributed by atoms with van der Waals surface area (Å²) in [6, 6.07) is 0. The van der Waals surface area contributed by atoms with E-state index in [4.69, 9.17) is 4.74 Å². The molecule has 0 fully saturated rings. The van der Waals surface area contributed by atoms with E-state index in [-0.39, 0.29) is 13.2 Å². The molecule has 80 valence electrons. The van der Waals surface area contributed by atoms with Crippen molar-refractivity contribution in [3.63, 3.8) is 0 Å². The first kappa shape index (κ1) is 13.2. The molecule has 0 bridgehead atoms. The molecule has 8 heteroatoms. The van der Waals surface area contributed by atoms with E-state index in [1.165, 1.54) is 0 Å². The quantitative estimate of drug-likeness (QED) is 0.547. The summed E-state index contributed by atoms with van der Waals surface area (Å²) >= 11 is 3.08. The Morgan fingerprint density at radius 1 is 1.38 bits per heavy atom. The van der Waals surface area contributed by atoms with Crippen LogP contribution in [0.15, 0.2) is 0 Å². The number of sulfonamides is 1. The lowest BCUT2D eigenvalue weighted by molar-refractivity contribution is 0.155. The molecule has 0 rings (SSSR count). The molecule has 0 aliphatic heterocycles. The largest absolute Gasteiger partial charge is 0.379 e. The van der Waals surface area contributed by atoms with Gasteiger partial charge < -0.3 is 4.74 Å². The summed E-state index contributed by atoms with van der Waals surface area (Å²) in [6.45, 7) is 0.355. The molecule has 0 radical (unpaired) electrons. The average Bonchev–Trinajstić information content (AvgIpc) is 2.03. The predicted molar refractivity (Wildman–Crippen MR) is 47.5 cm³/mol. The first-order valence-electron chi connectivity index (χ1n) is 3.41. The van der Waals surface area contributed by atoms with Crippen molar-refractivity contribution in [2.24, 2.45) is 0 Å². The molecule has 13 heavy (non-hydrogen) atoms. The zero-order valence-electron chi connectivity index (χ0n) is 6.67. The zero-order chi connectivity index (χ0) is 10.3. The summed E-state index contributed by atoms with van der Waals surface area (Å²) in [6.07, 6.45) is 0. The maximum Gasteiger partial charge on any atom is 0.350 e. The summed E-state index contributed by atoms with van der Waals surface area (Å²) in [4.78, 5) is 0. The molecule has 0 saturated carbocycles. The Balaban J connectivity index is 3.53. The second-order valence-electron chi connectivity index (χ2n) is 2.00. The van der Waals surface area contributed by atoms with Gasteiger partial charge in [-0.25, -0.2) is 13.1 Å². The third kappa shape index (κ3) is 6.30. The van der Waals surface area contributed by atoms with Gasteiger partial charge in [-0.3, -0.25) is 0 Å². The standard InChI is InChI=1S/C5H10BrF2NO3S/c6-1-3-12-4-2-9-13(10,11)5(7)8/h5,9H,1-4H2. The van der Waals surface area contributed by atoms with Crippen LogP contribution in [-0.2, 0) is 14.8 Å². The highest BCUT2D eigenvalue weighted by Gasteiger charge is 2.22. The average molecular weight is 282 g/mol. The molecule has 0 spiro atoms. The van der Waals surface area contributed by atoms with Gasteiger partial charge in [-0.05, 0) is 0 Å². The van der Waals surface area contributed by atoms with Crippen LogP contribution in [0.25, 0.3) is 0 Å². The summed E-state index contributed by atoms with van der Waals surface area (Å²) < 4.78 is 50.8. The topological polar surface area (TPSA) is 55.4 Å². The molecule has 4 nitrogen and oxygen atoms in total. The van der Waals surface area contributed by atoms with Crippen LogP contribution in [0, 0.1) is 0 Å². The van der Waals surface area contributed by atoms with Gasteiger partial charge in [-0.15, -0.1) is 0 Å². The second kappa shape index (κ2) is 6.63. The number of hydrogen-bond acceptors (Lipinski definition) is 3. The molecule has 0 aliphatic rings. The molecule has 1 N–H and O–H groups in total. The van der Waals surface area contributed by atoms with Crippen LogP contribution in [0.3, 0.4) is 0 Å². The molecule has 0 aliphatic carbocycles. The zero-order valence-corrected chi connectivity index (χ0v) is 9.08. The molecule has 0 saturated heterocycles. The van der Waals surface area contributed by atoms with E-state index in [1.807, 2.05) is 0 Å². The lowest BCUT2D eigenvalue weighted by Gasteiger charge is -2.05. The monoisotopic (exact) mass is 281 g/mol. The van der Waals surface area contributed by atoms with Gasteiger partial charge in [0.2, 0.25) is 0 Å². The molecule has 0 unspecified atom stereocenters. The predicted octanol–water partition coefficient (Wildman–Crippen LogP) is 0.540. The van der Waals surface area contributed by atoms with Crippen LogP contribution in [0.2, 0.25) is 0 Å². The van der Waals surface area contributed by atoms with Gasteiger partial charge in [-0.1, -0.05) is 15.9 Å². The maximum absolute atomic E-state index is 11.7. The number of nitrogens with one attached hydrogen (secondary N) is 1. The minimum Gasteiger partial charge on any atom is -0.379 e. The molecule has 0 heterocycles. The van der Waals surface area contributed by atoms with Crippen molar-refractivity contribution in [3.8, 4) is 0 Å². The van der Waals surface area contributed by atoms with Gasteiger partial charge in [-0.2, -0.15) is 8.78 Å². The van der Waals surface area contributed by atoms with E-state index in [2.05, 4.69) is 15.9 Å². The Bertz CT molecular complexity index is 222. The summed E-state index contributed by atoms with van der Waals surface area (Å²) in [5.74, 6) is -3.39. The normalized spacial score (nSPS) is 12.3. The Morgan fingerprint density at radius 3 is 2.46 bits per heavy atom. The van der Waals surface area contributed by atoms with Crippen molar-refractivity contribution in [2.75, 3.05) is 25.1 Å². The Kier molecular flexibility index (Phi) is 6.74. The van der Waals surface area contributed by atoms with E-state index in [0.717, 1.165) is 0 Å². The summed E-state index contributed by atoms with van der Waals surface area (Å²) in [7, 11) is -4.46. The first-order chi connectivity index (χ1) is 6.00. The third-order valence-corrected chi connectivity index (χ3v) is 2.41. The molecule has 0 atom stereocenters. The highest BCUT2D eigenvalue weighted by molar-refractivity contribution is 9.09. The Hall–Kier alpha value is 0.210. The number of rotatable bonds is 7. The van der Waals surface area contributed by atoms with Gasteiger partial charge in [0, 0.05) is 11.9 Å². The molecule has 0 aromatic heterocycles. The van der Waals surface area contributed by atoms with Gasteiger partial charge in [0.1, 0.15) is 0 Å². The number of alkyl halides is 3. The SMILES string of the molecule is O=S(=O)(NCCOCCBr)C(F)F. The fraction of sp³-hybridized carbons (Fsp3) is 1.00. The number of hydrogen-bond donors (Lipinski definition) is 1. The van der Waals surface area contributed by atoms with E-state index in [9.17, 15) is 17.2 Å². The lowest BCUT2D eigenvalue weighted by Crippen LogP contribution is -2.32. The van der Waals surface area contributed by atoms with E-state index < -0.39 is 15.8 Å². The van der Waals surface area contributed by atoms with Gasteiger partial charge in [0.05, 0.1) is 13.2 Å². The van der Waals surface area contributed by atoms with Gasteiger partial charge in [0.25, 0.3) is 10.0 Å². The van der Waals surface area contributed by atoms with Crippen LogP contribution in [0.1, 0.15) is 0 Å². The van der Waals surface area contributed by atoms with Crippen LogP contribution in [0.5, 0.6) is 0 Å².